The molecular weight excluding hydrogens is 180 g/mol. The number of hydrogen-bond acceptors (Lipinski definition) is 2. The van der Waals surface area contributed by atoms with E-state index in [1.54, 1.807) is 13.0 Å². The lowest BCUT2D eigenvalue weighted by atomic mass is 10.1. The highest BCUT2D eigenvalue weighted by molar-refractivity contribution is 5.91. The molecule has 0 aromatic rings. The van der Waals surface area contributed by atoms with Crippen molar-refractivity contribution in [3.63, 3.8) is 0 Å². The molecule has 0 radical (unpaired) electrons. The third kappa shape index (κ3) is 7.34. The van der Waals surface area contributed by atoms with Crippen LogP contribution in [0.4, 0.5) is 0 Å². The molecule has 0 heterocycles. The van der Waals surface area contributed by atoms with Crippen LogP contribution in [0.5, 0.6) is 0 Å². The van der Waals surface area contributed by atoms with Gasteiger partial charge in [0, 0.05) is 5.54 Å². The van der Waals surface area contributed by atoms with E-state index in [9.17, 15) is 9.59 Å². The van der Waals surface area contributed by atoms with Crippen molar-refractivity contribution in [2.45, 2.75) is 33.2 Å². The SMILES string of the molecule is C/C=C/C(=O)NCC(=O)NC(C)(C)C. The lowest BCUT2D eigenvalue weighted by Gasteiger charge is -2.20. The van der Waals surface area contributed by atoms with Gasteiger partial charge in [-0.2, -0.15) is 0 Å². The van der Waals surface area contributed by atoms with Gasteiger partial charge in [0.05, 0.1) is 6.54 Å². The summed E-state index contributed by atoms with van der Waals surface area (Å²) in [5, 5.41) is 5.21. The summed E-state index contributed by atoms with van der Waals surface area (Å²) in [6, 6.07) is 0. The molecule has 0 unspecified atom stereocenters. The first kappa shape index (κ1) is 12.7. The van der Waals surface area contributed by atoms with E-state index >= 15 is 0 Å². The zero-order chi connectivity index (χ0) is 11.2. The number of amides is 2. The molecule has 80 valence electrons. The Bertz CT molecular complexity index is 239. The van der Waals surface area contributed by atoms with E-state index in [2.05, 4.69) is 10.6 Å². The second-order valence-electron chi connectivity index (χ2n) is 4.02. The van der Waals surface area contributed by atoms with Crippen LogP contribution in [0.2, 0.25) is 0 Å². The van der Waals surface area contributed by atoms with Crippen LogP contribution in [0, 0.1) is 0 Å². The first-order valence-electron chi connectivity index (χ1n) is 4.56. The minimum atomic E-state index is -0.262. The molecule has 0 rings (SSSR count). The minimum Gasteiger partial charge on any atom is -0.350 e. The average molecular weight is 198 g/mol. The molecule has 2 N–H and O–H groups in total. The Labute approximate surface area is 84.8 Å². The number of nitrogens with one attached hydrogen (secondary N) is 2. The highest BCUT2D eigenvalue weighted by atomic mass is 16.2. The van der Waals surface area contributed by atoms with Crippen LogP contribution in [0.15, 0.2) is 12.2 Å². The number of rotatable bonds is 3. The van der Waals surface area contributed by atoms with E-state index in [0.717, 1.165) is 0 Å². The van der Waals surface area contributed by atoms with Gasteiger partial charge in [-0.1, -0.05) is 6.08 Å². The minimum absolute atomic E-state index is 0.0143. The average Bonchev–Trinajstić information content (AvgIpc) is 1.98. The molecule has 0 aliphatic carbocycles. The monoisotopic (exact) mass is 198 g/mol. The molecule has 0 saturated carbocycles. The summed E-state index contributed by atoms with van der Waals surface area (Å²) in [6.07, 6.45) is 3.00. The Hall–Kier alpha value is -1.32. The second-order valence-corrected chi connectivity index (χ2v) is 4.02. The third-order valence-corrected chi connectivity index (χ3v) is 1.26. The summed E-state index contributed by atoms with van der Waals surface area (Å²) in [7, 11) is 0. The van der Waals surface area contributed by atoms with E-state index in [1.165, 1.54) is 6.08 Å². The third-order valence-electron chi connectivity index (χ3n) is 1.26. The predicted octanol–water partition coefficient (Wildman–Crippen LogP) is 0.593. The van der Waals surface area contributed by atoms with Gasteiger partial charge in [0.2, 0.25) is 11.8 Å². The maximum atomic E-state index is 11.2. The summed E-state index contributed by atoms with van der Waals surface area (Å²) in [5.74, 6) is -0.438. The van der Waals surface area contributed by atoms with Crippen LogP contribution < -0.4 is 10.6 Å². The van der Waals surface area contributed by atoms with Gasteiger partial charge >= 0.3 is 0 Å². The van der Waals surface area contributed by atoms with Crippen molar-refractivity contribution in [3.8, 4) is 0 Å². The van der Waals surface area contributed by atoms with Crippen molar-refractivity contribution < 1.29 is 9.59 Å². The Morgan fingerprint density at radius 1 is 1.29 bits per heavy atom. The smallest absolute Gasteiger partial charge is 0.244 e. The van der Waals surface area contributed by atoms with Crippen LogP contribution in [0.3, 0.4) is 0 Å². The van der Waals surface area contributed by atoms with Crippen LogP contribution >= 0.6 is 0 Å². The molecule has 0 atom stereocenters. The number of carbonyl (C=O) groups is 2. The van der Waals surface area contributed by atoms with Gasteiger partial charge in [-0.25, -0.2) is 0 Å². The second kappa shape index (κ2) is 5.42. The Morgan fingerprint density at radius 2 is 1.86 bits per heavy atom. The molecule has 2 amide bonds. The molecule has 0 saturated heterocycles. The number of hydrogen-bond donors (Lipinski definition) is 2. The normalized spacial score (nSPS) is 11.4. The van der Waals surface area contributed by atoms with Gasteiger partial charge in [0.1, 0.15) is 0 Å². The highest BCUT2D eigenvalue weighted by Crippen LogP contribution is 1.96. The fourth-order valence-corrected chi connectivity index (χ4v) is 0.840. The van der Waals surface area contributed by atoms with Gasteiger partial charge in [-0.3, -0.25) is 9.59 Å². The van der Waals surface area contributed by atoms with Crippen molar-refractivity contribution >= 4 is 11.8 Å². The largest absolute Gasteiger partial charge is 0.350 e. The molecule has 0 aromatic heterocycles. The fourth-order valence-electron chi connectivity index (χ4n) is 0.840. The maximum Gasteiger partial charge on any atom is 0.244 e. The van der Waals surface area contributed by atoms with Crippen LogP contribution in [-0.4, -0.2) is 23.9 Å². The molecule has 0 fully saturated rings. The number of carbonyl (C=O) groups excluding carboxylic acids is 2. The van der Waals surface area contributed by atoms with Crippen LogP contribution in [0.1, 0.15) is 27.7 Å². The molecule has 4 nitrogen and oxygen atoms in total. The first-order valence-corrected chi connectivity index (χ1v) is 4.56. The molecule has 4 heteroatoms. The highest BCUT2D eigenvalue weighted by Gasteiger charge is 2.13. The molecule has 0 spiro atoms. The van der Waals surface area contributed by atoms with Gasteiger partial charge < -0.3 is 10.6 Å². The standard InChI is InChI=1S/C10H18N2O2/c1-5-6-8(13)11-7-9(14)12-10(2,3)4/h5-6H,7H2,1-4H3,(H,11,13)(H,12,14)/b6-5+. The molecule has 0 aliphatic rings. The lowest BCUT2D eigenvalue weighted by molar-refractivity contribution is -0.124. The van der Waals surface area contributed by atoms with Crippen molar-refractivity contribution in [3.05, 3.63) is 12.2 Å². The summed E-state index contributed by atoms with van der Waals surface area (Å²) in [6.45, 7) is 7.42. The molecule has 0 bridgehead atoms. The van der Waals surface area contributed by atoms with Gasteiger partial charge in [-0.15, -0.1) is 0 Å². The van der Waals surface area contributed by atoms with E-state index in [-0.39, 0.29) is 23.9 Å². The molecular formula is C10H18N2O2. The topological polar surface area (TPSA) is 58.2 Å². The molecule has 14 heavy (non-hydrogen) atoms. The predicted molar refractivity (Wildman–Crippen MR) is 55.7 cm³/mol. The lowest BCUT2D eigenvalue weighted by Crippen LogP contribution is -2.45. The fraction of sp³-hybridized carbons (Fsp3) is 0.600. The van der Waals surface area contributed by atoms with Gasteiger partial charge in [0.25, 0.3) is 0 Å². The number of allylic oxidation sites excluding steroid dienone is 1. The van der Waals surface area contributed by atoms with Crippen molar-refractivity contribution in [1.29, 1.82) is 0 Å². The Kier molecular flexibility index (Phi) is 4.91. The summed E-state index contributed by atoms with van der Waals surface area (Å²) < 4.78 is 0. The molecule has 0 aliphatic heterocycles. The summed E-state index contributed by atoms with van der Waals surface area (Å²) in [5.41, 5.74) is -0.262. The maximum absolute atomic E-state index is 11.2. The van der Waals surface area contributed by atoms with Crippen LogP contribution in [0.25, 0.3) is 0 Å². The van der Waals surface area contributed by atoms with Crippen molar-refractivity contribution in [2.24, 2.45) is 0 Å². The summed E-state index contributed by atoms with van der Waals surface area (Å²) >= 11 is 0. The van der Waals surface area contributed by atoms with Gasteiger partial charge in [-0.05, 0) is 33.8 Å². The first-order chi connectivity index (χ1) is 6.35. The van der Waals surface area contributed by atoms with E-state index < -0.39 is 0 Å². The zero-order valence-corrected chi connectivity index (χ0v) is 9.18. The zero-order valence-electron chi connectivity index (χ0n) is 9.18. The van der Waals surface area contributed by atoms with E-state index in [1.807, 2.05) is 20.8 Å². The van der Waals surface area contributed by atoms with Crippen molar-refractivity contribution in [1.82, 2.24) is 10.6 Å². The summed E-state index contributed by atoms with van der Waals surface area (Å²) in [4.78, 5) is 22.2. The molecule has 0 aromatic carbocycles. The van der Waals surface area contributed by atoms with E-state index in [4.69, 9.17) is 0 Å². The van der Waals surface area contributed by atoms with Gasteiger partial charge in [0.15, 0.2) is 0 Å². The Morgan fingerprint density at radius 3 is 2.29 bits per heavy atom. The Balaban J connectivity index is 3.81. The van der Waals surface area contributed by atoms with Crippen LogP contribution in [-0.2, 0) is 9.59 Å². The quantitative estimate of drug-likeness (QED) is 0.652. The van der Waals surface area contributed by atoms with E-state index in [0.29, 0.717) is 0 Å². The van der Waals surface area contributed by atoms with Crippen molar-refractivity contribution in [2.75, 3.05) is 6.54 Å².